The van der Waals surface area contributed by atoms with Crippen molar-refractivity contribution in [2.24, 2.45) is 0 Å². The van der Waals surface area contributed by atoms with Gasteiger partial charge in [0, 0.05) is 35.4 Å². The zero-order valence-corrected chi connectivity index (χ0v) is 15.4. The summed E-state index contributed by atoms with van der Waals surface area (Å²) in [7, 11) is 0. The normalized spacial score (nSPS) is 11.0. The van der Waals surface area contributed by atoms with E-state index in [-0.39, 0.29) is 0 Å². The summed E-state index contributed by atoms with van der Waals surface area (Å²) in [6, 6.07) is 22.7. The van der Waals surface area contributed by atoms with Crippen LogP contribution < -0.4 is 0 Å². The van der Waals surface area contributed by atoms with Gasteiger partial charge in [-0.15, -0.1) is 0 Å². The highest BCUT2D eigenvalue weighted by Gasteiger charge is 2.09. The first kappa shape index (κ1) is 16.4. The van der Waals surface area contributed by atoms with Crippen LogP contribution >= 0.6 is 0 Å². The number of pyridine rings is 3. The molecule has 0 aliphatic rings. The van der Waals surface area contributed by atoms with Crippen LogP contribution in [-0.2, 0) is 0 Å². The molecule has 5 rings (SSSR count). The number of hydrogen-bond donors (Lipinski definition) is 0. The van der Waals surface area contributed by atoms with Crippen LogP contribution in [0.4, 0.5) is 0 Å². The molecule has 28 heavy (non-hydrogen) atoms. The van der Waals surface area contributed by atoms with E-state index in [2.05, 4.69) is 61.9 Å². The number of nitrogens with zero attached hydrogens (tertiary/aromatic N) is 4. The van der Waals surface area contributed by atoms with Crippen LogP contribution in [0.2, 0.25) is 0 Å². The molecule has 134 valence electrons. The van der Waals surface area contributed by atoms with E-state index in [0.29, 0.717) is 0 Å². The molecule has 0 aliphatic heterocycles. The van der Waals surface area contributed by atoms with Crippen molar-refractivity contribution in [2.75, 3.05) is 0 Å². The van der Waals surface area contributed by atoms with E-state index in [1.807, 2.05) is 55.8 Å². The lowest BCUT2D eigenvalue weighted by Gasteiger charge is -2.07. The van der Waals surface area contributed by atoms with Crippen LogP contribution in [-0.4, -0.2) is 19.4 Å². The summed E-state index contributed by atoms with van der Waals surface area (Å²) in [5.41, 5.74) is 8.41. The minimum Gasteiger partial charge on any atom is -0.300 e. The standard InChI is InChI=1S/C24H18N4/c1-17-13-19(7-10-25-17)20-9-12-28-23(16-27-24(28)15-20)21-8-11-26-22(14-21)18-5-3-2-4-6-18/h2-16H,1H3. The van der Waals surface area contributed by atoms with Crippen molar-refractivity contribution in [3.8, 4) is 33.6 Å². The molecule has 4 nitrogen and oxygen atoms in total. The van der Waals surface area contributed by atoms with Gasteiger partial charge in [0.15, 0.2) is 0 Å². The van der Waals surface area contributed by atoms with Gasteiger partial charge in [-0.1, -0.05) is 30.3 Å². The number of aromatic nitrogens is 4. The lowest BCUT2D eigenvalue weighted by Crippen LogP contribution is -1.91. The summed E-state index contributed by atoms with van der Waals surface area (Å²) in [4.78, 5) is 13.4. The molecule has 0 radical (unpaired) electrons. The van der Waals surface area contributed by atoms with Crippen molar-refractivity contribution >= 4 is 5.65 Å². The summed E-state index contributed by atoms with van der Waals surface area (Å²) < 4.78 is 2.11. The number of aryl methyl sites for hydroxylation is 1. The Morgan fingerprint density at radius 2 is 1.46 bits per heavy atom. The largest absolute Gasteiger partial charge is 0.300 e. The van der Waals surface area contributed by atoms with Crippen LogP contribution in [0, 0.1) is 6.92 Å². The van der Waals surface area contributed by atoms with Gasteiger partial charge in [-0.25, -0.2) is 4.98 Å². The SMILES string of the molecule is Cc1cc(-c2ccn3c(-c4ccnc(-c5ccccc5)c4)cnc3c2)ccn1. The molecule has 1 aromatic carbocycles. The number of benzene rings is 1. The molecule has 0 unspecified atom stereocenters. The van der Waals surface area contributed by atoms with Gasteiger partial charge in [-0.05, 0) is 54.4 Å². The molecule has 0 amide bonds. The zero-order valence-electron chi connectivity index (χ0n) is 15.4. The molecule has 4 aromatic heterocycles. The van der Waals surface area contributed by atoms with Gasteiger partial charge in [0.1, 0.15) is 5.65 Å². The summed E-state index contributed by atoms with van der Waals surface area (Å²) >= 11 is 0. The van der Waals surface area contributed by atoms with Crippen molar-refractivity contribution in [2.45, 2.75) is 6.92 Å². The Kier molecular flexibility index (Phi) is 3.95. The lowest BCUT2D eigenvalue weighted by atomic mass is 10.1. The number of imidazole rings is 1. The van der Waals surface area contributed by atoms with Crippen molar-refractivity contribution < 1.29 is 0 Å². The first-order valence-corrected chi connectivity index (χ1v) is 9.20. The first-order valence-electron chi connectivity index (χ1n) is 9.20. The second-order valence-corrected chi connectivity index (χ2v) is 6.77. The zero-order chi connectivity index (χ0) is 18.9. The van der Waals surface area contributed by atoms with Crippen LogP contribution in [0.5, 0.6) is 0 Å². The van der Waals surface area contributed by atoms with E-state index >= 15 is 0 Å². The van der Waals surface area contributed by atoms with E-state index < -0.39 is 0 Å². The van der Waals surface area contributed by atoms with Crippen LogP contribution in [0.25, 0.3) is 39.3 Å². The number of rotatable bonds is 3. The average molecular weight is 362 g/mol. The maximum absolute atomic E-state index is 4.63. The molecule has 0 saturated carbocycles. The Bertz CT molecular complexity index is 1270. The van der Waals surface area contributed by atoms with Crippen LogP contribution in [0.15, 0.2) is 91.5 Å². The fourth-order valence-electron chi connectivity index (χ4n) is 3.46. The van der Waals surface area contributed by atoms with Gasteiger partial charge < -0.3 is 0 Å². The Morgan fingerprint density at radius 1 is 0.679 bits per heavy atom. The highest BCUT2D eigenvalue weighted by molar-refractivity contribution is 5.73. The minimum absolute atomic E-state index is 0.917. The number of hydrogen-bond acceptors (Lipinski definition) is 3. The Morgan fingerprint density at radius 3 is 2.32 bits per heavy atom. The van der Waals surface area contributed by atoms with E-state index in [0.717, 1.165) is 45.0 Å². The third kappa shape index (κ3) is 2.95. The van der Waals surface area contributed by atoms with Gasteiger partial charge in [0.25, 0.3) is 0 Å². The lowest BCUT2D eigenvalue weighted by molar-refractivity contribution is 1.18. The highest BCUT2D eigenvalue weighted by atomic mass is 15.0. The van der Waals surface area contributed by atoms with Gasteiger partial charge in [-0.3, -0.25) is 14.4 Å². The summed E-state index contributed by atoms with van der Waals surface area (Å²) in [6.45, 7) is 2.00. The maximum Gasteiger partial charge on any atom is 0.137 e. The summed E-state index contributed by atoms with van der Waals surface area (Å²) in [5, 5.41) is 0. The van der Waals surface area contributed by atoms with Crippen LogP contribution in [0.3, 0.4) is 0 Å². The quantitative estimate of drug-likeness (QED) is 0.429. The second kappa shape index (κ2) is 6.74. The van der Waals surface area contributed by atoms with E-state index in [4.69, 9.17) is 0 Å². The van der Waals surface area contributed by atoms with Gasteiger partial charge >= 0.3 is 0 Å². The molecule has 0 saturated heterocycles. The van der Waals surface area contributed by atoms with Crippen molar-refractivity contribution in [3.05, 3.63) is 97.2 Å². The molecule has 0 bridgehead atoms. The predicted molar refractivity (Wildman–Crippen MR) is 112 cm³/mol. The molecule has 0 atom stereocenters. The number of fused-ring (bicyclic) bond motifs is 1. The van der Waals surface area contributed by atoms with Gasteiger partial charge in [0.2, 0.25) is 0 Å². The van der Waals surface area contributed by atoms with E-state index in [1.165, 1.54) is 0 Å². The topological polar surface area (TPSA) is 43.1 Å². The molecular formula is C24H18N4. The Hall–Kier alpha value is -3.79. The predicted octanol–water partition coefficient (Wildman–Crippen LogP) is 5.43. The van der Waals surface area contributed by atoms with Crippen molar-refractivity contribution in [1.82, 2.24) is 19.4 Å². The summed E-state index contributed by atoms with van der Waals surface area (Å²) in [6.07, 6.45) is 7.69. The molecule has 0 aliphatic carbocycles. The van der Waals surface area contributed by atoms with Crippen molar-refractivity contribution in [1.29, 1.82) is 0 Å². The molecule has 0 N–H and O–H groups in total. The summed E-state index contributed by atoms with van der Waals surface area (Å²) in [5.74, 6) is 0. The Balaban J connectivity index is 1.57. The average Bonchev–Trinajstić information content (AvgIpc) is 3.18. The smallest absolute Gasteiger partial charge is 0.137 e. The molecule has 4 heteroatoms. The second-order valence-electron chi connectivity index (χ2n) is 6.77. The fraction of sp³-hybridized carbons (Fsp3) is 0.0417. The first-order chi connectivity index (χ1) is 13.8. The molecular weight excluding hydrogens is 344 g/mol. The third-order valence-electron chi connectivity index (χ3n) is 4.87. The van der Waals surface area contributed by atoms with Gasteiger partial charge in [0.05, 0.1) is 17.6 Å². The molecule has 5 aromatic rings. The monoisotopic (exact) mass is 362 g/mol. The van der Waals surface area contributed by atoms with E-state index in [9.17, 15) is 0 Å². The van der Waals surface area contributed by atoms with E-state index in [1.54, 1.807) is 0 Å². The Labute approximate surface area is 163 Å². The van der Waals surface area contributed by atoms with Crippen LogP contribution in [0.1, 0.15) is 5.69 Å². The molecule has 4 heterocycles. The minimum atomic E-state index is 0.917. The van der Waals surface area contributed by atoms with Gasteiger partial charge in [-0.2, -0.15) is 0 Å². The maximum atomic E-state index is 4.63. The molecule has 0 fully saturated rings. The third-order valence-corrected chi connectivity index (χ3v) is 4.87. The van der Waals surface area contributed by atoms with Crippen molar-refractivity contribution in [3.63, 3.8) is 0 Å². The molecule has 0 spiro atoms. The fourth-order valence-corrected chi connectivity index (χ4v) is 3.46. The highest BCUT2D eigenvalue weighted by Crippen LogP contribution is 2.27.